The van der Waals surface area contributed by atoms with Crippen LogP contribution in [-0.2, 0) is 0 Å². The van der Waals surface area contributed by atoms with Gasteiger partial charge in [-0.15, -0.1) is 11.3 Å². The molecule has 0 aliphatic carbocycles. The molecule has 0 N–H and O–H groups in total. The molecule has 0 atom stereocenters. The van der Waals surface area contributed by atoms with E-state index < -0.39 is 0 Å². The van der Waals surface area contributed by atoms with Crippen molar-refractivity contribution in [3.63, 3.8) is 0 Å². The summed E-state index contributed by atoms with van der Waals surface area (Å²) in [5.41, 5.74) is 4.36. The van der Waals surface area contributed by atoms with Crippen LogP contribution in [0.25, 0.3) is 27.3 Å². The molecule has 0 aliphatic heterocycles. The molecule has 2 heterocycles. The van der Waals surface area contributed by atoms with E-state index in [0.717, 1.165) is 31.8 Å². The Morgan fingerprint density at radius 2 is 1.86 bits per heavy atom. The summed E-state index contributed by atoms with van der Waals surface area (Å²) in [6.45, 7) is 0. The summed E-state index contributed by atoms with van der Waals surface area (Å²) in [5.74, 6) is 0. The summed E-state index contributed by atoms with van der Waals surface area (Å²) >= 11 is 5.08. The number of para-hydroxylation sites is 1. The highest BCUT2D eigenvalue weighted by atomic mass is 79.9. The van der Waals surface area contributed by atoms with E-state index >= 15 is 0 Å². The minimum absolute atomic E-state index is 0.936. The molecule has 0 amide bonds. The average molecular weight is 356 g/mol. The van der Waals surface area contributed by atoms with Gasteiger partial charge in [0.25, 0.3) is 0 Å². The minimum Gasteiger partial charge on any atom is -0.274 e. The molecule has 0 saturated carbocycles. The molecular weight excluding hydrogens is 346 g/mol. The van der Waals surface area contributed by atoms with Crippen molar-refractivity contribution in [1.29, 1.82) is 0 Å². The molecule has 4 aromatic rings. The molecule has 2 aromatic carbocycles. The van der Waals surface area contributed by atoms with Crippen molar-refractivity contribution in [1.82, 2.24) is 14.5 Å². The van der Waals surface area contributed by atoms with Crippen molar-refractivity contribution < 1.29 is 0 Å². The van der Waals surface area contributed by atoms with Crippen molar-refractivity contribution in [2.75, 3.05) is 0 Å². The number of fused-ring (bicyclic) bond motifs is 1. The first-order valence-electron chi connectivity index (χ1n) is 6.45. The van der Waals surface area contributed by atoms with E-state index in [2.05, 4.69) is 56.2 Å². The van der Waals surface area contributed by atoms with Gasteiger partial charge in [-0.05, 0) is 23.8 Å². The Bertz CT molecular complexity index is 895. The van der Waals surface area contributed by atoms with Crippen LogP contribution in [0, 0.1) is 0 Å². The number of imidazole rings is 1. The van der Waals surface area contributed by atoms with Gasteiger partial charge in [0.2, 0.25) is 0 Å². The summed E-state index contributed by atoms with van der Waals surface area (Å²) in [6.07, 6.45) is 3.65. The quantitative estimate of drug-likeness (QED) is 0.511. The second-order valence-electron chi connectivity index (χ2n) is 4.61. The van der Waals surface area contributed by atoms with Crippen molar-refractivity contribution in [2.45, 2.75) is 0 Å². The van der Waals surface area contributed by atoms with E-state index in [1.54, 1.807) is 11.3 Å². The zero-order valence-electron chi connectivity index (χ0n) is 10.9. The maximum Gasteiger partial charge on any atom is 0.195 e. The van der Waals surface area contributed by atoms with Crippen molar-refractivity contribution in [2.24, 2.45) is 0 Å². The fourth-order valence-electron chi connectivity index (χ4n) is 2.39. The first kappa shape index (κ1) is 12.7. The first-order valence-corrected chi connectivity index (χ1v) is 8.12. The monoisotopic (exact) mass is 355 g/mol. The molecule has 21 heavy (non-hydrogen) atoms. The summed E-state index contributed by atoms with van der Waals surface area (Å²) in [6, 6.07) is 14.5. The Hall–Kier alpha value is -1.98. The van der Waals surface area contributed by atoms with Crippen LogP contribution < -0.4 is 0 Å². The van der Waals surface area contributed by atoms with E-state index in [1.165, 1.54) is 0 Å². The van der Waals surface area contributed by atoms with Crippen LogP contribution in [0.2, 0.25) is 0 Å². The van der Waals surface area contributed by atoms with E-state index in [1.807, 2.05) is 34.6 Å². The maximum absolute atomic E-state index is 4.59. The molecule has 2 aromatic heterocycles. The number of thiazole rings is 1. The molecule has 0 bridgehead atoms. The lowest BCUT2D eigenvalue weighted by molar-refractivity contribution is 1.06. The van der Waals surface area contributed by atoms with Crippen LogP contribution in [-0.4, -0.2) is 14.5 Å². The largest absolute Gasteiger partial charge is 0.274 e. The van der Waals surface area contributed by atoms with Gasteiger partial charge in [-0.25, -0.2) is 9.97 Å². The third-order valence-corrected chi connectivity index (χ3v) is 4.66. The van der Waals surface area contributed by atoms with Gasteiger partial charge >= 0.3 is 0 Å². The number of rotatable bonds is 2. The fourth-order valence-corrected chi connectivity index (χ4v) is 3.28. The SMILES string of the molecule is Brc1ccc(-c2cccc3c2ncn3-c2nccs2)cc1. The zero-order valence-corrected chi connectivity index (χ0v) is 13.3. The van der Waals surface area contributed by atoms with Gasteiger partial charge in [-0.1, -0.05) is 40.2 Å². The smallest absolute Gasteiger partial charge is 0.195 e. The molecule has 4 rings (SSSR count). The van der Waals surface area contributed by atoms with Crippen LogP contribution in [0.15, 0.2) is 64.8 Å². The topological polar surface area (TPSA) is 30.7 Å². The van der Waals surface area contributed by atoms with E-state index in [-0.39, 0.29) is 0 Å². The summed E-state index contributed by atoms with van der Waals surface area (Å²) in [5, 5.41) is 2.91. The van der Waals surface area contributed by atoms with Gasteiger partial charge in [-0.3, -0.25) is 4.57 Å². The Kier molecular flexibility index (Phi) is 3.09. The number of hydrogen-bond acceptors (Lipinski definition) is 3. The highest BCUT2D eigenvalue weighted by molar-refractivity contribution is 9.10. The highest BCUT2D eigenvalue weighted by Gasteiger charge is 2.11. The summed E-state index contributed by atoms with van der Waals surface area (Å²) in [7, 11) is 0. The first-order chi connectivity index (χ1) is 10.3. The second-order valence-corrected chi connectivity index (χ2v) is 6.40. The zero-order chi connectivity index (χ0) is 14.2. The normalized spacial score (nSPS) is 11.1. The summed E-state index contributed by atoms with van der Waals surface area (Å²) < 4.78 is 3.11. The number of aromatic nitrogens is 3. The standard InChI is InChI=1S/C16H10BrN3S/c17-12-6-4-11(5-7-12)13-2-1-3-14-15(13)19-10-20(14)16-18-8-9-21-16/h1-10H. The lowest BCUT2D eigenvalue weighted by Crippen LogP contribution is -1.90. The van der Waals surface area contributed by atoms with Gasteiger partial charge in [0.05, 0.1) is 11.0 Å². The number of hydrogen-bond donors (Lipinski definition) is 0. The predicted octanol–water partition coefficient (Wildman–Crippen LogP) is 4.91. The van der Waals surface area contributed by atoms with Crippen LogP contribution in [0.3, 0.4) is 0 Å². The maximum atomic E-state index is 4.59. The Balaban J connectivity index is 1.94. The number of nitrogens with zero attached hydrogens (tertiary/aromatic N) is 3. The highest BCUT2D eigenvalue weighted by Crippen LogP contribution is 2.30. The molecule has 0 saturated heterocycles. The molecule has 5 heteroatoms. The van der Waals surface area contributed by atoms with Crippen molar-refractivity contribution in [3.05, 3.63) is 64.8 Å². The van der Waals surface area contributed by atoms with Crippen LogP contribution in [0.4, 0.5) is 0 Å². The fraction of sp³-hybridized carbons (Fsp3) is 0. The van der Waals surface area contributed by atoms with Crippen molar-refractivity contribution >= 4 is 38.3 Å². The van der Waals surface area contributed by atoms with E-state index in [4.69, 9.17) is 0 Å². The molecule has 0 fully saturated rings. The molecule has 3 nitrogen and oxygen atoms in total. The molecule has 0 spiro atoms. The lowest BCUT2D eigenvalue weighted by atomic mass is 10.0. The lowest BCUT2D eigenvalue weighted by Gasteiger charge is -2.04. The van der Waals surface area contributed by atoms with Crippen LogP contribution in [0.1, 0.15) is 0 Å². The van der Waals surface area contributed by atoms with E-state index in [9.17, 15) is 0 Å². The van der Waals surface area contributed by atoms with E-state index in [0.29, 0.717) is 0 Å². The average Bonchev–Trinajstić information content (AvgIpc) is 3.16. The van der Waals surface area contributed by atoms with Gasteiger partial charge in [0.15, 0.2) is 5.13 Å². The molecule has 0 aliphatic rings. The molecular formula is C16H10BrN3S. The summed E-state index contributed by atoms with van der Waals surface area (Å²) in [4.78, 5) is 8.95. The van der Waals surface area contributed by atoms with Gasteiger partial charge in [0, 0.05) is 21.6 Å². The second kappa shape index (κ2) is 5.09. The molecule has 0 unspecified atom stereocenters. The predicted molar refractivity (Wildman–Crippen MR) is 89.9 cm³/mol. The third kappa shape index (κ3) is 2.18. The molecule has 0 radical (unpaired) electrons. The number of benzene rings is 2. The Morgan fingerprint density at radius 3 is 2.62 bits per heavy atom. The van der Waals surface area contributed by atoms with Gasteiger partial charge in [0.1, 0.15) is 6.33 Å². The minimum atomic E-state index is 0.936. The Morgan fingerprint density at radius 1 is 1.00 bits per heavy atom. The number of halogens is 1. The Labute approximate surface area is 134 Å². The third-order valence-electron chi connectivity index (χ3n) is 3.36. The van der Waals surface area contributed by atoms with Crippen LogP contribution in [0.5, 0.6) is 0 Å². The van der Waals surface area contributed by atoms with Gasteiger partial charge < -0.3 is 0 Å². The molecule has 102 valence electrons. The van der Waals surface area contributed by atoms with Crippen LogP contribution >= 0.6 is 27.3 Å². The van der Waals surface area contributed by atoms with Gasteiger partial charge in [-0.2, -0.15) is 0 Å². The van der Waals surface area contributed by atoms with Crippen molar-refractivity contribution in [3.8, 4) is 16.3 Å².